The third kappa shape index (κ3) is 4.39. The lowest BCUT2D eigenvalue weighted by Gasteiger charge is -2.07. The lowest BCUT2D eigenvalue weighted by Crippen LogP contribution is -2.29. The lowest BCUT2D eigenvalue weighted by molar-refractivity contribution is -0.132. The van der Waals surface area contributed by atoms with Crippen LogP contribution in [0.4, 0.5) is 11.4 Å². The van der Waals surface area contributed by atoms with Crippen LogP contribution >= 0.6 is 0 Å². The first-order chi connectivity index (χ1) is 11.3. The average Bonchev–Trinajstić information content (AvgIpc) is 2.55. The summed E-state index contributed by atoms with van der Waals surface area (Å²) in [6, 6.07) is 13.0. The molecule has 0 aromatic heterocycles. The number of primary sulfonamides is 1. The maximum atomic E-state index is 11.8. The van der Waals surface area contributed by atoms with Gasteiger partial charge in [0.2, 0.25) is 10.0 Å². The van der Waals surface area contributed by atoms with Gasteiger partial charge in [-0.05, 0) is 48.5 Å². The van der Waals surface area contributed by atoms with Crippen molar-refractivity contribution in [3.05, 3.63) is 54.1 Å². The Kier molecular flexibility index (Phi) is 4.93. The Morgan fingerprint density at radius 2 is 1.29 bits per heavy atom. The molecule has 2 rings (SSSR count). The summed E-state index contributed by atoms with van der Waals surface area (Å²) in [6.45, 7) is 0. The highest BCUT2D eigenvalue weighted by atomic mass is 32.2. The average molecular weight is 344 g/mol. The number of nitrogens with two attached hydrogens (primary N) is 1. The van der Waals surface area contributed by atoms with Gasteiger partial charge in [-0.3, -0.25) is 9.59 Å². The van der Waals surface area contributed by atoms with Crippen LogP contribution in [0, 0.1) is 11.3 Å². The number of nitriles is 1. The van der Waals surface area contributed by atoms with Crippen molar-refractivity contribution < 1.29 is 18.0 Å². The van der Waals surface area contributed by atoms with Crippen LogP contribution in [0.2, 0.25) is 0 Å². The predicted molar refractivity (Wildman–Crippen MR) is 86.2 cm³/mol. The van der Waals surface area contributed by atoms with Crippen LogP contribution in [-0.2, 0) is 19.6 Å². The summed E-state index contributed by atoms with van der Waals surface area (Å²) in [5.41, 5.74) is 1.02. The summed E-state index contributed by atoms with van der Waals surface area (Å²) in [4.78, 5) is 23.5. The van der Waals surface area contributed by atoms with Gasteiger partial charge in [-0.25, -0.2) is 13.6 Å². The van der Waals surface area contributed by atoms with E-state index in [1.807, 2.05) is 6.07 Å². The van der Waals surface area contributed by atoms with Crippen molar-refractivity contribution in [2.45, 2.75) is 4.90 Å². The number of rotatable bonds is 3. The normalized spacial score (nSPS) is 10.5. The molecule has 0 aliphatic carbocycles. The molecular formula is C15H12N4O4S. The number of carbonyl (C=O) groups is 2. The Balaban J connectivity index is 2.01. The van der Waals surface area contributed by atoms with Crippen LogP contribution in [0.1, 0.15) is 5.56 Å². The van der Waals surface area contributed by atoms with Crippen LogP contribution in [0.5, 0.6) is 0 Å². The number of nitrogens with zero attached hydrogens (tertiary/aromatic N) is 1. The molecule has 0 saturated heterocycles. The second kappa shape index (κ2) is 6.91. The zero-order chi connectivity index (χ0) is 17.7. The van der Waals surface area contributed by atoms with Gasteiger partial charge in [-0.1, -0.05) is 0 Å². The SMILES string of the molecule is N#Cc1ccc(NC(=O)C(=O)Nc2ccc(S(N)(=O)=O)cc2)cc1. The van der Waals surface area contributed by atoms with E-state index in [4.69, 9.17) is 10.4 Å². The van der Waals surface area contributed by atoms with E-state index in [9.17, 15) is 18.0 Å². The summed E-state index contributed by atoms with van der Waals surface area (Å²) >= 11 is 0. The van der Waals surface area contributed by atoms with Crippen molar-refractivity contribution in [3.63, 3.8) is 0 Å². The number of amides is 2. The standard InChI is InChI=1S/C15H12N4O4S/c16-9-10-1-3-11(4-2-10)18-14(20)15(21)19-12-5-7-13(8-6-12)24(17,22)23/h1-8H,(H,18,20)(H,19,21)(H2,17,22,23). The fourth-order valence-corrected chi connectivity index (χ4v) is 2.25. The van der Waals surface area contributed by atoms with E-state index in [1.54, 1.807) is 0 Å². The zero-order valence-corrected chi connectivity index (χ0v) is 13.0. The third-order valence-corrected chi connectivity index (χ3v) is 3.85. The Bertz CT molecular complexity index is 913. The van der Waals surface area contributed by atoms with Gasteiger partial charge in [0.1, 0.15) is 0 Å². The molecule has 0 aliphatic rings. The minimum Gasteiger partial charge on any atom is -0.318 e. The van der Waals surface area contributed by atoms with E-state index >= 15 is 0 Å². The molecule has 0 spiro atoms. The molecule has 0 unspecified atom stereocenters. The van der Waals surface area contributed by atoms with Crippen LogP contribution in [0.25, 0.3) is 0 Å². The molecule has 0 aliphatic heterocycles. The van der Waals surface area contributed by atoms with E-state index in [-0.39, 0.29) is 10.6 Å². The molecule has 2 amide bonds. The number of hydrogen-bond donors (Lipinski definition) is 3. The smallest absolute Gasteiger partial charge is 0.314 e. The van der Waals surface area contributed by atoms with Crippen LogP contribution in [-0.4, -0.2) is 20.2 Å². The molecule has 8 nitrogen and oxygen atoms in total. The largest absolute Gasteiger partial charge is 0.318 e. The second-order valence-corrected chi connectivity index (χ2v) is 6.23. The molecule has 9 heteroatoms. The molecule has 4 N–H and O–H groups in total. The van der Waals surface area contributed by atoms with Crippen molar-refractivity contribution in [2.75, 3.05) is 10.6 Å². The first-order valence-corrected chi connectivity index (χ1v) is 8.09. The molecule has 0 bridgehead atoms. The van der Waals surface area contributed by atoms with E-state index in [1.165, 1.54) is 48.5 Å². The van der Waals surface area contributed by atoms with Gasteiger partial charge in [-0.2, -0.15) is 5.26 Å². The van der Waals surface area contributed by atoms with Gasteiger partial charge in [0.15, 0.2) is 0 Å². The second-order valence-electron chi connectivity index (χ2n) is 4.67. The maximum Gasteiger partial charge on any atom is 0.314 e. The van der Waals surface area contributed by atoms with Gasteiger partial charge in [0.05, 0.1) is 16.5 Å². The maximum absolute atomic E-state index is 11.8. The number of nitrogens with one attached hydrogen (secondary N) is 2. The van der Waals surface area contributed by atoms with Gasteiger partial charge < -0.3 is 10.6 Å². The molecular weight excluding hydrogens is 332 g/mol. The van der Waals surface area contributed by atoms with E-state index < -0.39 is 21.8 Å². The van der Waals surface area contributed by atoms with Crippen LogP contribution in [0.3, 0.4) is 0 Å². The number of hydrogen-bond acceptors (Lipinski definition) is 5. The minimum absolute atomic E-state index is 0.109. The van der Waals surface area contributed by atoms with Crippen molar-refractivity contribution in [2.24, 2.45) is 5.14 Å². The van der Waals surface area contributed by atoms with Crippen molar-refractivity contribution in [1.29, 1.82) is 5.26 Å². The van der Waals surface area contributed by atoms with Crippen molar-refractivity contribution in [1.82, 2.24) is 0 Å². The number of anilines is 2. The first kappa shape index (κ1) is 17.1. The van der Waals surface area contributed by atoms with E-state index in [0.29, 0.717) is 11.3 Å². The Morgan fingerprint density at radius 3 is 1.67 bits per heavy atom. The van der Waals surface area contributed by atoms with Gasteiger partial charge in [0, 0.05) is 11.4 Å². The number of carbonyl (C=O) groups excluding carboxylic acids is 2. The molecule has 24 heavy (non-hydrogen) atoms. The molecule has 0 saturated carbocycles. The summed E-state index contributed by atoms with van der Waals surface area (Å²) in [5.74, 6) is -1.84. The number of sulfonamides is 1. The topological polar surface area (TPSA) is 142 Å². The molecule has 2 aromatic carbocycles. The third-order valence-electron chi connectivity index (χ3n) is 2.92. The molecule has 122 valence electrons. The van der Waals surface area contributed by atoms with Crippen molar-refractivity contribution >= 4 is 33.2 Å². The van der Waals surface area contributed by atoms with Crippen molar-refractivity contribution in [3.8, 4) is 6.07 Å². The highest BCUT2D eigenvalue weighted by Gasteiger charge is 2.14. The number of benzene rings is 2. The lowest BCUT2D eigenvalue weighted by atomic mass is 10.2. The quantitative estimate of drug-likeness (QED) is 0.705. The molecule has 0 heterocycles. The van der Waals surface area contributed by atoms with Gasteiger partial charge in [-0.15, -0.1) is 0 Å². The minimum atomic E-state index is -3.83. The molecule has 0 radical (unpaired) electrons. The Labute approximate surface area is 137 Å². The fraction of sp³-hybridized carbons (Fsp3) is 0. The van der Waals surface area contributed by atoms with Gasteiger partial charge >= 0.3 is 11.8 Å². The molecule has 0 atom stereocenters. The molecule has 0 fully saturated rings. The van der Waals surface area contributed by atoms with E-state index in [2.05, 4.69) is 10.6 Å². The predicted octanol–water partition coefficient (Wildman–Crippen LogP) is 0.783. The van der Waals surface area contributed by atoms with Crippen LogP contribution < -0.4 is 15.8 Å². The highest BCUT2D eigenvalue weighted by molar-refractivity contribution is 7.89. The highest BCUT2D eigenvalue weighted by Crippen LogP contribution is 2.13. The summed E-state index contributed by atoms with van der Waals surface area (Å²) in [5, 5.41) is 18.3. The van der Waals surface area contributed by atoms with Gasteiger partial charge in [0.25, 0.3) is 0 Å². The monoisotopic (exact) mass is 344 g/mol. The summed E-state index contributed by atoms with van der Waals surface area (Å²) < 4.78 is 22.3. The zero-order valence-electron chi connectivity index (χ0n) is 12.2. The molecule has 2 aromatic rings. The fourth-order valence-electron chi connectivity index (χ4n) is 1.73. The van der Waals surface area contributed by atoms with Crippen LogP contribution in [0.15, 0.2) is 53.4 Å². The Hall–Kier alpha value is -3.22. The first-order valence-electron chi connectivity index (χ1n) is 6.55. The van der Waals surface area contributed by atoms with E-state index in [0.717, 1.165) is 0 Å². The summed E-state index contributed by atoms with van der Waals surface area (Å²) in [6.07, 6.45) is 0. The Morgan fingerprint density at radius 1 is 0.875 bits per heavy atom. The summed E-state index contributed by atoms with van der Waals surface area (Å²) in [7, 11) is -3.83.